The van der Waals surface area contributed by atoms with Crippen molar-refractivity contribution in [2.75, 3.05) is 116 Å². The van der Waals surface area contributed by atoms with Crippen molar-refractivity contribution in [3.8, 4) is 17.6 Å². The monoisotopic (exact) mass is 1610 g/mol. The third-order valence-electron chi connectivity index (χ3n) is 22.9. The van der Waals surface area contributed by atoms with Crippen LogP contribution < -0.4 is 14.7 Å². The molecule has 12 aromatic rings. The average Bonchev–Trinajstić information content (AvgIpc) is 1.21. The largest absolute Gasteiger partial charge is 0.494 e. The van der Waals surface area contributed by atoms with Crippen molar-refractivity contribution in [3.63, 3.8) is 0 Å². The van der Waals surface area contributed by atoms with Gasteiger partial charge >= 0.3 is 17.9 Å². The molecule has 8 heterocycles. The standard InChI is InChI=1S/2C33H34N4O4.C30H30N4O4/c2*1-41-33(40)24-10-12-26-27(21-24)35-32(39)30(26)31(22-8-4-2-5-9-22)34-25-11-13-28-23(20-25)14-19-37(28)29(38)15-18-36-16-6-3-7-17-36;1-33(2)15-14-26(35)34-16-13-20-17-22(10-12-25(20)34)31-28(19-7-5-4-6-8-19)27-23-11-9-21(30(37)38-3)18-24(23)32-29(27)36/h2*2,4-5,8-13,20-21,35,39H,3,6-7,14-19H2,1H3;4-12,17-18,32,36H,13-16H2,1-3H3. The first-order valence-electron chi connectivity index (χ1n) is 41.0. The highest BCUT2D eigenvalue weighted by atomic mass is 16.5. The number of esters is 3. The number of carbonyl (C=O) groups excluding carboxylic acids is 6. The number of aliphatic imine (C=N–C) groups is 3. The maximum absolute atomic E-state index is 13.1. The van der Waals surface area contributed by atoms with Crippen molar-refractivity contribution >= 4 is 120 Å². The maximum Gasteiger partial charge on any atom is 0.337 e. The van der Waals surface area contributed by atoms with E-state index in [9.17, 15) is 44.1 Å². The number of piperidine rings is 2. The SMILES string of the molecule is COC(=O)c1ccc2c(C(=Nc3ccc4c(c3)CCN4C(=O)CCN(C)C)c3ccccc3)c(O)[nH]c2c1.COC(=O)c1ccc2c(C(=Nc3ccc4c(c3)CCN4C(=O)CCN3CCCCC3)c3ccccc3)c(O)[nH]c2c1.COC(=O)c1ccc2c(C(=Nc3ccc4c(c3)CCN4C(=O)CCN3CCCCC3)c3ccccc3)c(O)[nH]c2c1. The Morgan fingerprint density at radius 1 is 0.358 bits per heavy atom. The van der Waals surface area contributed by atoms with Gasteiger partial charge in [-0.25, -0.2) is 29.4 Å². The minimum absolute atomic E-state index is 0.0312. The molecule has 2 fully saturated rings. The van der Waals surface area contributed by atoms with Crippen LogP contribution in [0.1, 0.15) is 139 Å². The lowest BCUT2D eigenvalue weighted by molar-refractivity contribution is -0.119. The molecular formula is C96H98N12O12. The number of aromatic hydroxyl groups is 3. The second-order valence-corrected chi connectivity index (χ2v) is 31.0. The number of nitrogens with one attached hydrogen (secondary N) is 3. The van der Waals surface area contributed by atoms with Crippen LogP contribution in [0.25, 0.3) is 32.7 Å². The van der Waals surface area contributed by atoms with Crippen LogP contribution in [0.5, 0.6) is 17.6 Å². The summed E-state index contributed by atoms with van der Waals surface area (Å²) in [5, 5.41) is 35.2. The summed E-state index contributed by atoms with van der Waals surface area (Å²) in [6, 6.07) is 62.2. The molecule has 120 heavy (non-hydrogen) atoms. The molecular weight excluding hydrogens is 1510 g/mol. The van der Waals surface area contributed by atoms with Crippen LogP contribution in [0, 0.1) is 0 Å². The molecule has 24 nitrogen and oxygen atoms in total. The summed E-state index contributed by atoms with van der Waals surface area (Å²) in [5.41, 5.74) is 17.3. The number of hydrogen-bond acceptors (Lipinski definition) is 18. The number of nitrogens with zero attached hydrogens (tertiary/aromatic N) is 9. The van der Waals surface area contributed by atoms with Gasteiger partial charge in [0.1, 0.15) is 0 Å². The molecule has 0 saturated carbocycles. The lowest BCUT2D eigenvalue weighted by Crippen LogP contribution is -2.35. The number of rotatable bonds is 21. The van der Waals surface area contributed by atoms with Gasteiger partial charge in [0.05, 0.1) is 88.9 Å². The number of methoxy groups -OCH3 is 3. The van der Waals surface area contributed by atoms with E-state index in [1.54, 1.807) is 54.6 Å². The molecule has 0 spiro atoms. The van der Waals surface area contributed by atoms with E-state index >= 15 is 0 Å². The number of aromatic amines is 3. The molecule has 24 heteroatoms. The minimum atomic E-state index is -0.452. The first kappa shape index (κ1) is 81.8. The number of aromatic nitrogens is 3. The van der Waals surface area contributed by atoms with E-state index in [1.165, 1.54) is 59.9 Å². The van der Waals surface area contributed by atoms with E-state index < -0.39 is 17.9 Å². The zero-order valence-corrected chi connectivity index (χ0v) is 68.1. The summed E-state index contributed by atoms with van der Waals surface area (Å²) in [6.45, 7) is 8.74. The Morgan fingerprint density at radius 3 is 0.950 bits per heavy atom. The number of anilines is 3. The van der Waals surface area contributed by atoms with Crippen LogP contribution in [0.2, 0.25) is 0 Å². The molecule has 5 aliphatic rings. The first-order valence-corrected chi connectivity index (χ1v) is 41.0. The van der Waals surface area contributed by atoms with Gasteiger partial charge in [-0.3, -0.25) is 14.4 Å². The van der Waals surface area contributed by atoms with Crippen molar-refractivity contribution in [2.24, 2.45) is 15.0 Å². The highest BCUT2D eigenvalue weighted by Crippen LogP contribution is 2.41. The normalized spacial score (nSPS) is 14.9. The Kier molecular flexibility index (Phi) is 25.3. The Balaban J connectivity index is 0.000000140. The fraction of sp³-hybridized carbons (Fsp3) is 0.281. The van der Waals surface area contributed by atoms with Gasteiger partial charge in [-0.2, -0.15) is 0 Å². The fourth-order valence-electron chi connectivity index (χ4n) is 16.7. The molecule has 0 bridgehead atoms. The molecule has 9 aromatic carbocycles. The number of H-pyrrole nitrogens is 3. The van der Waals surface area contributed by atoms with Crippen molar-refractivity contribution in [3.05, 3.63) is 267 Å². The molecule has 614 valence electrons. The lowest BCUT2D eigenvalue weighted by Gasteiger charge is -2.27. The summed E-state index contributed by atoms with van der Waals surface area (Å²) in [7, 11) is 7.93. The third-order valence-corrected chi connectivity index (χ3v) is 22.9. The highest BCUT2D eigenvalue weighted by Gasteiger charge is 2.31. The first-order chi connectivity index (χ1) is 58.4. The van der Waals surface area contributed by atoms with Crippen LogP contribution in [-0.4, -0.2) is 199 Å². The Hall–Kier alpha value is -13.3. The number of amides is 3. The molecule has 2 saturated heterocycles. The number of carbonyl (C=O) groups is 6. The van der Waals surface area contributed by atoms with Gasteiger partial charge in [-0.05, 0) is 193 Å². The van der Waals surface area contributed by atoms with Crippen LogP contribution in [0.15, 0.2) is 215 Å². The maximum atomic E-state index is 13.1. The van der Waals surface area contributed by atoms with Gasteiger partial charge in [0.15, 0.2) is 17.6 Å². The van der Waals surface area contributed by atoms with Crippen LogP contribution in [0.3, 0.4) is 0 Å². The van der Waals surface area contributed by atoms with Crippen LogP contribution >= 0.6 is 0 Å². The second kappa shape index (κ2) is 37.1. The fourth-order valence-corrected chi connectivity index (χ4v) is 16.7. The summed E-state index contributed by atoms with van der Waals surface area (Å²) < 4.78 is 14.5. The lowest BCUT2D eigenvalue weighted by atomic mass is 10.00. The topological polar surface area (TPSA) is 295 Å². The number of fused-ring (bicyclic) bond motifs is 6. The van der Waals surface area contributed by atoms with Crippen molar-refractivity contribution in [1.29, 1.82) is 0 Å². The van der Waals surface area contributed by atoms with Crippen molar-refractivity contribution in [1.82, 2.24) is 29.7 Å². The van der Waals surface area contributed by atoms with Crippen molar-refractivity contribution < 1.29 is 58.3 Å². The Labute approximate surface area is 696 Å². The second-order valence-electron chi connectivity index (χ2n) is 31.0. The third kappa shape index (κ3) is 18.2. The number of likely N-dealkylation sites (tertiary alicyclic amines) is 2. The van der Waals surface area contributed by atoms with Gasteiger partial charge < -0.3 is 73.9 Å². The molecule has 6 N–H and O–H groups in total. The Morgan fingerprint density at radius 2 is 0.658 bits per heavy atom. The van der Waals surface area contributed by atoms with Crippen LogP contribution in [0.4, 0.5) is 34.1 Å². The molecule has 0 unspecified atom stereocenters. The van der Waals surface area contributed by atoms with Gasteiger partial charge in [0, 0.05) is 125 Å². The zero-order chi connectivity index (χ0) is 83.5. The molecule has 0 radical (unpaired) electrons. The van der Waals surface area contributed by atoms with E-state index in [-0.39, 0.29) is 35.4 Å². The molecule has 3 aromatic heterocycles. The summed E-state index contributed by atoms with van der Waals surface area (Å²) in [4.78, 5) is 112. The number of benzene rings is 9. The van der Waals surface area contributed by atoms with E-state index in [4.69, 9.17) is 29.2 Å². The molecule has 17 rings (SSSR count). The van der Waals surface area contributed by atoms with E-state index in [1.807, 2.05) is 179 Å². The van der Waals surface area contributed by atoms with E-state index in [0.717, 1.165) is 142 Å². The average molecular weight is 1610 g/mol. The molecule has 3 amide bonds. The quantitative estimate of drug-likeness (QED) is 0.0221. The number of hydrogen-bond donors (Lipinski definition) is 6. The summed E-state index contributed by atoms with van der Waals surface area (Å²) in [6.07, 6.45) is 11.3. The predicted molar refractivity (Wildman–Crippen MR) is 470 cm³/mol. The van der Waals surface area contributed by atoms with E-state index in [0.29, 0.717) is 113 Å². The van der Waals surface area contributed by atoms with E-state index in [2.05, 4.69) is 24.8 Å². The van der Waals surface area contributed by atoms with Gasteiger partial charge in [0.2, 0.25) is 17.7 Å². The van der Waals surface area contributed by atoms with Gasteiger partial charge in [-0.1, -0.05) is 122 Å². The predicted octanol–water partition coefficient (Wildman–Crippen LogP) is 15.9. The van der Waals surface area contributed by atoms with Gasteiger partial charge in [-0.15, -0.1) is 0 Å². The molecule has 0 atom stereocenters. The Bertz CT molecular complexity index is 5670. The summed E-state index contributed by atoms with van der Waals surface area (Å²) >= 11 is 0. The summed E-state index contributed by atoms with van der Waals surface area (Å²) in [5.74, 6) is -0.985. The molecule has 0 aliphatic carbocycles. The molecule has 5 aliphatic heterocycles. The minimum Gasteiger partial charge on any atom is -0.494 e. The highest BCUT2D eigenvalue weighted by molar-refractivity contribution is 6.24. The van der Waals surface area contributed by atoms with Gasteiger partial charge in [0.25, 0.3) is 0 Å². The number of ether oxygens (including phenoxy) is 3. The van der Waals surface area contributed by atoms with Crippen LogP contribution in [-0.2, 0) is 47.9 Å². The zero-order valence-electron chi connectivity index (χ0n) is 68.1. The smallest absolute Gasteiger partial charge is 0.337 e. The van der Waals surface area contributed by atoms with Crippen molar-refractivity contribution in [2.45, 2.75) is 77.0 Å².